The Hall–Kier alpha value is -1.13. The molecule has 0 saturated carbocycles. The Kier molecular flexibility index (Phi) is 6.09. The number of carbonyl (C=O) groups excluding carboxylic acids is 1. The molecule has 0 spiro atoms. The van der Waals surface area contributed by atoms with E-state index in [9.17, 15) is 4.79 Å². The lowest BCUT2D eigenvalue weighted by Crippen LogP contribution is -2.43. The highest BCUT2D eigenvalue weighted by molar-refractivity contribution is 9.10. The molecule has 1 amide bonds. The molecule has 1 rings (SSSR count). The third-order valence-electron chi connectivity index (χ3n) is 2.68. The molecule has 1 aromatic rings. The van der Waals surface area contributed by atoms with Crippen LogP contribution in [0.4, 0.5) is 0 Å². The number of rotatable bonds is 6. The van der Waals surface area contributed by atoms with E-state index in [-0.39, 0.29) is 18.0 Å². The molecule has 0 aliphatic heterocycles. The predicted molar refractivity (Wildman–Crippen MR) is 78.4 cm³/mol. The Bertz CT molecular complexity index is 403. The number of amides is 1. The lowest BCUT2D eigenvalue weighted by Gasteiger charge is -2.19. The molecule has 2 N–H and O–H groups in total. The van der Waals surface area contributed by atoms with E-state index in [4.69, 9.17) is 0 Å². The highest BCUT2D eigenvalue weighted by Gasteiger charge is 2.15. The number of nitrogens with one attached hydrogen (secondary N) is 2. The zero-order valence-electron chi connectivity index (χ0n) is 10.7. The fourth-order valence-corrected chi connectivity index (χ4v) is 1.89. The van der Waals surface area contributed by atoms with Gasteiger partial charge in [-0.2, -0.15) is 0 Å². The van der Waals surface area contributed by atoms with Crippen LogP contribution in [0.25, 0.3) is 0 Å². The fourth-order valence-electron chi connectivity index (χ4n) is 1.62. The molecular formula is C14H19BrN2O. The molecule has 0 fully saturated rings. The molecule has 0 bridgehead atoms. The predicted octanol–water partition coefficient (Wildman–Crippen LogP) is 2.79. The Morgan fingerprint density at radius 1 is 1.39 bits per heavy atom. The van der Waals surface area contributed by atoms with Crippen LogP contribution >= 0.6 is 15.9 Å². The van der Waals surface area contributed by atoms with E-state index in [1.165, 1.54) is 0 Å². The minimum absolute atomic E-state index is 0.0149. The van der Waals surface area contributed by atoms with Crippen molar-refractivity contribution < 1.29 is 4.79 Å². The van der Waals surface area contributed by atoms with Crippen LogP contribution < -0.4 is 10.6 Å². The molecule has 0 aliphatic rings. The lowest BCUT2D eigenvalue weighted by atomic mass is 10.1. The van der Waals surface area contributed by atoms with Gasteiger partial charge in [0, 0.05) is 17.1 Å². The largest absolute Gasteiger partial charge is 0.351 e. The SMILES string of the molecule is C=CCNC(=O)C(C)N[C@@H](C)c1ccc(Br)cc1. The van der Waals surface area contributed by atoms with Crippen molar-refractivity contribution in [2.45, 2.75) is 25.9 Å². The third kappa shape index (κ3) is 4.63. The van der Waals surface area contributed by atoms with Gasteiger partial charge >= 0.3 is 0 Å². The molecule has 18 heavy (non-hydrogen) atoms. The highest BCUT2D eigenvalue weighted by Crippen LogP contribution is 2.16. The number of carbonyl (C=O) groups is 1. The van der Waals surface area contributed by atoms with E-state index >= 15 is 0 Å². The van der Waals surface area contributed by atoms with Gasteiger partial charge in [0.15, 0.2) is 0 Å². The maximum Gasteiger partial charge on any atom is 0.237 e. The summed E-state index contributed by atoms with van der Waals surface area (Å²) in [5, 5.41) is 6.03. The number of halogens is 1. The van der Waals surface area contributed by atoms with E-state index < -0.39 is 0 Å². The Morgan fingerprint density at radius 3 is 2.56 bits per heavy atom. The first-order valence-electron chi connectivity index (χ1n) is 5.94. The van der Waals surface area contributed by atoms with Gasteiger partial charge < -0.3 is 5.32 Å². The van der Waals surface area contributed by atoms with Gasteiger partial charge in [-0.1, -0.05) is 34.1 Å². The molecule has 2 atom stereocenters. The van der Waals surface area contributed by atoms with Crippen molar-refractivity contribution in [3.8, 4) is 0 Å². The van der Waals surface area contributed by atoms with Gasteiger partial charge in [-0.15, -0.1) is 6.58 Å². The van der Waals surface area contributed by atoms with Crippen LogP contribution in [-0.4, -0.2) is 18.5 Å². The van der Waals surface area contributed by atoms with E-state index in [0.717, 1.165) is 10.0 Å². The van der Waals surface area contributed by atoms with Crippen LogP contribution in [0, 0.1) is 0 Å². The third-order valence-corrected chi connectivity index (χ3v) is 3.21. The van der Waals surface area contributed by atoms with Crippen molar-refractivity contribution in [1.29, 1.82) is 0 Å². The fraction of sp³-hybridized carbons (Fsp3) is 0.357. The van der Waals surface area contributed by atoms with Crippen molar-refractivity contribution in [2.24, 2.45) is 0 Å². The van der Waals surface area contributed by atoms with Crippen molar-refractivity contribution in [2.75, 3.05) is 6.54 Å². The minimum atomic E-state index is -0.233. The Labute approximate surface area is 117 Å². The first-order valence-corrected chi connectivity index (χ1v) is 6.74. The average Bonchev–Trinajstić information content (AvgIpc) is 2.36. The van der Waals surface area contributed by atoms with E-state index in [2.05, 4.69) is 33.1 Å². The van der Waals surface area contributed by atoms with Crippen LogP contribution in [0.3, 0.4) is 0 Å². The van der Waals surface area contributed by atoms with Crippen LogP contribution in [0.15, 0.2) is 41.4 Å². The highest BCUT2D eigenvalue weighted by atomic mass is 79.9. The standard InChI is InChI=1S/C14H19BrN2O/c1-4-9-16-14(18)11(3)17-10(2)12-5-7-13(15)8-6-12/h4-8,10-11,17H,1,9H2,2-3H3,(H,16,18)/t10-,11?/m0/s1. The van der Waals surface area contributed by atoms with Gasteiger partial charge in [0.25, 0.3) is 0 Å². The quantitative estimate of drug-likeness (QED) is 0.793. The molecule has 98 valence electrons. The van der Waals surface area contributed by atoms with E-state index in [1.54, 1.807) is 6.08 Å². The van der Waals surface area contributed by atoms with Crippen molar-refractivity contribution in [3.05, 3.63) is 47.0 Å². The summed E-state index contributed by atoms with van der Waals surface area (Å²) in [6.07, 6.45) is 1.67. The summed E-state index contributed by atoms with van der Waals surface area (Å²) >= 11 is 3.40. The first kappa shape index (κ1) is 14.9. The zero-order chi connectivity index (χ0) is 13.5. The second kappa shape index (κ2) is 7.34. The number of hydrogen-bond acceptors (Lipinski definition) is 2. The number of hydrogen-bond donors (Lipinski definition) is 2. The van der Waals surface area contributed by atoms with Gasteiger partial charge in [-0.25, -0.2) is 0 Å². The van der Waals surface area contributed by atoms with Gasteiger partial charge in [0.1, 0.15) is 0 Å². The van der Waals surface area contributed by atoms with Crippen LogP contribution in [0.5, 0.6) is 0 Å². The van der Waals surface area contributed by atoms with Crippen molar-refractivity contribution in [1.82, 2.24) is 10.6 Å². The van der Waals surface area contributed by atoms with Gasteiger partial charge in [0.05, 0.1) is 6.04 Å². The monoisotopic (exact) mass is 310 g/mol. The van der Waals surface area contributed by atoms with E-state index in [0.29, 0.717) is 6.54 Å². The molecule has 0 aromatic heterocycles. The Balaban J connectivity index is 2.53. The summed E-state index contributed by atoms with van der Waals surface area (Å²) in [5.41, 5.74) is 1.15. The molecule has 0 saturated heterocycles. The van der Waals surface area contributed by atoms with Gasteiger partial charge in [0.2, 0.25) is 5.91 Å². The smallest absolute Gasteiger partial charge is 0.237 e. The molecule has 4 heteroatoms. The topological polar surface area (TPSA) is 41.1 Å². The second-order valence-electron chi connectivity index (χ2n) is 4.20. The van der Waals surface area contributed by atoms with Gasteiger partial charge in [-0.3, -0.25) is 10.1 Å². The van der Waals surface area contributed by atoms with Crippen LogP contribution in [0.1, 0.15) is 25.5 Å². The lowest BCUT2D eigenvalue weighted by molar-refractivity contribution is -0.122. The van der Waals surface area contributed by atoms with E-state index in [1.807, 2.05) is 38.1 Å². The van der Waals surface area contributed by atoms with Gasteiger partial charge in [-0.05, 0) is 31.5 Å². The molecule has 1 aromatic carbocycles. The number of benzene rings is 1. The minimum Gasteiger partial charge on any atom is -0.351 e. The molecule has 0 heterocycles. The maximum absolute atomic E-state index is 11.7. The molecular weight excluding hydrogens is 292 g/mol. The Morgan fingerprint density at radius 2 is 2.00 bits per heavy atom. The molecule has 1 unspecified atom stereocenters. The van der Waals surface area contributed by atoms with Crippen molar-refractivity contribution >= 4 is 21.8 Å². The molecule has 0 aliphatic carbocycles. The second-order valence-corrected chi connectivity index (χ2v) is 5.11. The summed E-state index contributed by atoms with van der Waals surface area (Å²) < 4.78 is 1.05. The normalized spacial score (nSPS) is 13.7. The summed E-state index contributed by atoms with van der Waals surface area (Å²) in [5.74, 6) is -0.0149. The van der Waals surface area contributed by atoms with Crippen molar-refractivity contribution in [3.63, 3.8) is 0 Å². The molecule has 3 nitrogen and oxygen atoms in total. The maximum atomic E-state index is 11.7. The summed E-state index contributed by atoms with van der Waals surface area (Å²) in [7, 11) is 0. The summed E-state index contributed by atoms with van der Waals surface area (Å²) in [4.78, 5) is 11.7. The summed E-state index contributed by atoms with van der Waals surface area (Å²) in [6.45, 7) is 7.96. The zero-order valence-corrected chi connectivity index (χ0v) is 12.3. The van der Waals surface area contributed by atoms with Crippen LogP contribution in [0.2, 0.25) is 0 Å². The molecule has 0 radical (unpaired) electrons. The summed E-state index contributed by atoms with van der Waals surface area (Å²) in [6, 6.07) is 7.96. The first-order chi connectivity index (χ1) is 8.54. The van der Waals surface area contributed by atoms with Crippen LogP contribution in [-0.2, 0) is 4.79 Å². The average molecular weight is 311 g/mol.